The molecule has 162 valence electrons. The largest absolute Gasteiger partial charge is 0.478 e. The number of carbonyl (C=O) groups is 2. The number of benzene rings is 1. The van der Waals surface area contributed by atoms with Crippen molar-refractivity contribution in [2.24, 2.45) is 0 Å². The van der Waals surface area contributed by atoms with E-state index >= 15 is 0 Å². The Morgan fingerprint density at radius 3 is 1.86 bits per heavy atom. The van der Waals surface area contributed by atoms with Gasteiger partial charge in [0.2, 0.25) is 5.91 Å². The van der Waals surface area contributed by atoms with Crippen molar-refractivity contribution in [1.29, 1.82) is 0 Å². The third-order valence-electron chi connectivity index (χ3n) is 5.08. The summed E-state index contributed by atoms with van der Waals surface area (Å²) in [7, 11) is 0. The zero-order valence-electron chi connectivity index (χ0n) is 18.1. The third-order valence-corrected chi connectivity index (χ3v) is 5.08. The lowest BCUT2D eigenvalue weighted by Crippen LogP contribution is -2.11. The predicted octanol–water partition coefficient (Wildman–Crippen LogP) is 7.36. The lowest BCUT2D eigenvalue weighted by atomic mass is 10.1. The van der Waals surface area contributed by atoms with Crippen LogP contribution in [0.15, 0.2) is 36.4 Å². The number of allylic oxidation sites excluding steroid dienone is 2. The second-order valence-electron chi connectivity index (χ2n) is 7.76. The molecule has 0 atom stereocenters. The Kier molecular flexibility index (Phi) is 14.5. The van der Waals surface area contributed by atoms with Gasteiger partial charge in [0.25, 0.3) is 0 Å². The molecule has 0 heterocycles. The van der Waals surface area contributed by atoms with Gasteiger partial charge < -0.3 is 10.4 Å². The molecule has 2 N–H and O–H groups in total. The van der Waals surface area contributed by atoms with Crippen LogP contribution < -0.4 is 5.32 Å². The van der Waals surface area contributed by atoms with E-state index in [1.165, 1.54) is 82.8 Å². The maximum absolute atomic E-state index is 11.9. The number of anilines is 1. The van der Waals surface area contributed by atoms with Gasteiger partial charge in [-0.2, -0.15) is 0 Å². The summed E-state index contributed by atoms with van der Waals surface area (Å²) < 4.78 is 0. The van der Waals surface area contributed by atoms with E-state index in [0.717, 1.165) is 12.8 Å². The first-order valence-electron chi connectivity index (χ1n) is 11.4. The van der Waals surface area contributed by atoms with Crippen molar-refractivity contribution in [3.05, 3.63) is 42.0 Å². The first kappa shape index (κ1) is 24.9. The van der Waals surface area contributed by atoms with Gasteiger partial charge in [0.15, 0.2) is 0 Å². The Labute approximate surface area is 176 Å². The number of aromatic carboxylic acids is 1. The highest BCUT2D eigenvalue weighted by Crippen LogP contribution is 2.12. The van der Waals surface area contributed by atoms with E-state index in [1.54, 1.807) is 12.1 Å². The van der Waals surface area contributed by atoms with Crippen LogP contribution in [0.1, 0.15) is 107 Å². The van der Waals surface area contributed by atoms with Crippen molar-refractivity contribution < 1.29 is 14.7 Å². The molecule has 0 aliphatic rings. The molecule has 29 heavy (non-hydrogen) atoms. The van der Waals surface area contributed by atoms with E-state index in [1.807, 2.05) is 0 Å². The van der Waals surface area contributed by atoms with Crippen molar-refractivity contribution in [2.75, 3.05) is 5.32 Å². The van der Waals surface area contributed by atoms with Gasteiger partial charge in [-0.15, -0.1) is 0 Å². The molecule has 1 amide bonds. The van der Waals surface area contributed by atoms with Crippen LogP contribution in [0.4, 0.5) is 5.69 Å². The van der Waals surface area contributed by atoms with Crippen molar-refractivity contribution in [2.45, 2.75) is 96.8 Å². The molecule has 0 saturated heterocycles. The quantitative estimate of drug-likeness (QED) is 0.212. The Morgan fingerprint density at radius 1 is 0.793 bits per heavy atom. The van der Waals surface area contributed by atoms with Crippen LogP contribution in [0.2, 0.25) is 0 Å². The fraction of sp³-hybridized carbons (Fsp3) is 0.600. The lowest BCUT2D eigenvalue weighted by Gasteiger charge is -2.05. The zero-order valence-corrected chi connectivity index (χ0v) is 18.1. The molecule has 0 unspecified atom stereocenters. The second-order valence-corrected chi connectivity index (χ2v) is 7.76. The van der Waals surface area contributed by atoms with Crippen LogP contribution in [0.3, 0.4) is 0 Å². The molecule has 0 radical (unpaired) electrons. The van der Waals surface area contributed by atoms with E-state index in [0.29, 0.717) is 12.1 Å². The first-order valence-corrected chi connectivity index (χ1v) is 11.4. The Morgan fingerprint density at radius 2 is 1.31 bits per heavy atom. The monoisotopic (exact) mass is 401 g/mol. The number of unbranched alkanes of at least 4 members (excludes halogenated alkanes) is 11. The minimum absolute atomic E-state index is 0.00861. The van der Waals surface area contributed by atoms with Crippen molar-refractivity contribution in [3.8, 4) is 0 Å². The van der Waals surface area contributed by atoms with Gasteiger partial charge in [-0.1, -0.05) is 70.4 Å². The van der Waals surface area contributed by atoms with E-state index in [9.17, 15) is 9.59 Å². The Hall–Kier alpha value is -2.10. The number of hydrogen-bond acceptors (Lipinski definition) is 2. The summed E-state index contributed by atoms with van der Waals surface area (Å²) in [6, 6.07) is 6.25. The number of carboxylic acids is 1. The molecule has 4 nitrogen and oxygen atoms in total. The summed E-state index contributed by atoms with van der Waals surface area (Å²) in [5.74, 6) is -0.970. The van der Waals surface area contributed by atoms with E-state index in [2.05, 4.69) is 24.4 Å². The molecular weight excluding hydrogens is 362 g/mol. The second kappa shape index (κ2) is 16.8. The molecule has 1 aromatic rings. The maximum atomic E-state index is 11.9. The van der Waals surface area contributed by atoms with Crippen LogP contribution in [0.5, 0.6) is 0 Å². The van der Waals surface area contributed by atoms with Gasteiger partial charge in [0, 0.05) is 12.1 Å². The Balaban J connectivity index is 1.93. The summed E-state index contributed by atoms with van der Waals surface area (Å²) >= 11 is 0. The van der Waals surface area contributed by atoms with Gasteiger partial charge in [0.05, 0.1) is 5.56 Å². The molecule has 1 aromatic carbocycles. The van der Waals surface area contributed by atoms with Gasteiger partial charge in [-0.05, 0) is 56.4 Å². The predicted molar refractivity (Wildman–Crippen MR) is 121 cm³/mol. The highest BCUT2D eigenvalue weighted by atomic mass is 16.4. The van der Waals surface area contributed by atoms with Gasteiger partial charge >= 0.3 is 5.97 Å². The Bertz CT molecular complexity index is 593. The summed E-state index contributed by atoms with van der Waals surface area (Å²) in [5, 5.41) is 11.7. The van der Waals surface area contributed by atoms with Crippen molar-refractivity contribution >= 4 is 17.6 Å². The average molecular weight is 402 g/mol. The fourth-order valence-electron chi connectivity index (χ4n) is 3.28. The van der Waals surface area contributed by atoms with Crippen molar-refractivity contribution in [3.63, 3.8) is 0 Å². The number of carboxylic acid groups (broad SMARTS) is 1. The molecule has 0 saturated carbocycles. The average Bonchev–Trinajstić information content (AvgIpc) is 2.71. The topological polar surface area (TPSA) is 66.4 Å². The van der Waals surface area contributed by atoms with Gasteiger partial charge in [-0.3, -0.25) is 4.79 Å². The minimum Gasteiger partial charge on any atom is -0.478 e. The summed E-state index contributed by atoms with van der Waals surface area (Å²) in [6.07, 6.45) is 21.3. The van der Waals surface area contributed by atoms with Crippen LogP contribution in [-0.2, 0) is 4.79 Å². The molecular formula is C25H39NO3. The summed E-state index contributed by atoms with van der Waals surface area (Å²) in [5.41, 5.74) is 0.869. The molecule has 0 spiro atoms. The molecule has 0 bridgehead atoms. The maximum Gasteiger partial charge on any atom is 0.335 e. The lowest BCUT2D eigenvalue weighted by molar-refractivity contribution is -0.116. The van der Waals surface area contributed by atoms with Crippen LogP contribution >= 0.6 is 0 Å². The molecule has 4 heteroatoms. The normalized spacial score (nSPS) is 11.1. The molecule has 0 aromatic heterocycles. The number of amides is 1. The van der Waals surface area contributed by atoms with E-state index < -0.39 is 5.97 Å². The summed E-state index contributed by atoms with van der Waals surface area (Å²) in [6.45, 7) is 2.26. The number of carbonyl (C=O) groups excluding carboxylic acids is 1. The van der Waals surface area contributed by atoms with Crippen molar-refractivity contribution in [1.82, 2.24) is 0 Å². The minimum atomic E-state index is -0.962. The molecule has 0 fully saturated rings. The van der Waals surface area contributed by atoms with Crippen LogP contribution in [0, 0.1) is 0 Å². The summed E-state index contributed by atoms with van der Waals surface area (Å²) in [4.78, 5) is 22.7. The molecule has 0 aliphatic heterocycles. The number of hydrogen-bond donors (Lipinski definition) is 2. The number of rotatable bonds is 17. The molecule has 0 aliphatic carbocycles. The third kappa shape index (κ3) is 13.7. The fourth-order valence-corrected chi connectivity index (χ4v) is 3.28. The first-order chi connectivity index (χ1) is 14.1. The molecule has 1 rings (SSSR count). The highest BCUT2D eigenvalue weighted by molar-refractivity contribution is 5.92. The number of nitrogens with one attached hydrogen (secondary N) is 1. The highest BCUT2D eigenvalue weighted by Gasteiger charge is 2.05. The smallest absolute Gasteiger partial charge is 0.335 e. The van der Waals surface area contributed by atoms with E-state index in [4.69, 9.17) is 5.11 Å². The van der Waals surface area contributed by atoms with Gasteiger partial charge in [0.1, 0.15) is 0 Å². The SMILES string of the molecule is CCCCCCCC/C=C\CCCCCCCC(=O)Nc1ccc(C(=O)O)cc1. The van der Waals surface area contributed by atoms with E-state index in [-0.39, 0.29) is 11.5 Å². The van der Waals surface area contributed by atoms with Crippen LogP contribution in [-0.4, -0.2) is 17.0 Å². The van der Waals surface area contributed by atoms with Gasteiger partial charge in [-0.25, -0.2) is 4.79 Å². The zero-order chi connectivity index (χ0) is 21.2. The van der Waals surface area contributed by atoms with Crippen LogP contribution in [0.25, 0.3) is 0 Å². The standard InChI is InChI=1S/C25H39NO3/c1-2-3-4-5-6-7-8-9-10-11-12-13-14-15-16-17-24(27)26-23-20-18-22(19-21-23)25(28)29/h9-10,18-21H,2-8,11-17H2,1H3,(H,26,27)(H,28,29)/b10-9-.